The highest BCUT2D eigenvalue weighted by Crippen LogP contribution is 2.24. The van der Waals surface area contributed by atoms with Crippen LogP contribution in [0, 0.1) is 6.92 Å². The summed E-state index contributed by atoms with van der Waals surface area (Å²) in [6.07, 6.45) is 7.06. The molecular formula is C17H24BrN3. The number of benzene rings is 1. The minimum absolute atomic E-state index is 0.373. The van der Waals surface area contributed by atoms with Crippen molar-refractivity contribution >= 4 is 15.9 Å². The predicted octanol–water partition coefficient (Wildman–Crippen LogP) is 4.16. The van der Waals surface area contributed by atoms with Crippen LogP contribution in [0.3, 0.4) is 0 Å². The highest BCUT2D eigenvalue weighted by Gasteiger charge is 2.13. The van der Waals surface area contributed by atoms with E-state index in [1.165, 1.54) is 11.1 Å². The number of nitrogens with one attached hydrogen (secondary N) is 1. The number of aromatic nitrogens is 2. The molecule has 0 spiro atoms. The average molecular weight is 350 g/mol. The molecule has 2 aromatic rings. The van der Waals surface area contributed by atoms with E-state index < -0.39 is 0 Å². The second-order valence-corrected chi connectivity index (χ2v) is 6.48. The van der Waals surface area contributed by atoms with Gasteiger partial charge in [-0.15, -0.1) is 0 Å². The van der Waals surface area contributed by atoms with Crippen LogP contribution in [0.5, 0.6) is 0 Å². The Morgan fingerprint density at radius 3 is 2.76 bits per heavy atom. The highest BCUT2D eigenvalue weighted by atomic mass is 79.9. The molecule has 1 aromatic heterocycles. The van der Waals surface area contributed by atoms with Crippen LogP contribution in [0.2, 0.25) is 0 Å². The second-order valence-electron chi connectivity index (χ2n) is 5.56. The van der Waals surface area contributed by atoms with Crippen LogP contribution in [0.15, 0.2) is 35.1 Å². The maximum absolute atomic E-state index is 4.42. The fraction of sp³-hybridized carbons (Fsp3) is 0.471. The smallest absolute Gasteiger partial charge is 0.108 e. The molecule has 3 nitrogen and oxygen atoms in total. The molecule has 0 bridgehead atoms. The Hall–Kier alpha value is -1.13. The van der Waals surface area contributed by atoms with Gasteiger partial charge < -0.3 is 9.88 Å². The standard InChI is InChI=1S/C17H24BrN3/c1-4-7-19-16(5-6-17-20-8-9-21(17)3)14-10-13(2)11-15(18)12-14/h8-12,16,19H,4-7H2,1-3H3. The van der Waals surface area contributed by atoms with E-state index in [-0.39, 0.29) is 0 Å². The fourth-order valence-electron chi connectivity index (χ4n) is 2.58. The van der Waals surface area contributed by atoms with Crippen molar-refractivity contribution < 1.29 is 0 Å². The molecule has 114 valence electrons. The number of rotatable bonds is 7. The van der Waals surface area contributed by atoms with Crippen LogP contribution in [0.1, 0.15) is 42.8 Å². The Morgan fingerprint density at radius 2 is 2.14 bits per heavy atom. The number of hydrogen-bond acceptors (Lipinski definition) is 2. The van der Waals surface area contributed by atoms with Gasteiger partial charge in [0.15, 0.2) is 0 Å². The van der Waals surface area contributed by atoms with Crippen molar-refractivity contribution in [1.29, 1.82) is 0 Å². The molecule has 0 amide bonds. The van der Waals surface area contributed by atoms with Crippen molar-refractivity contribution in [3.63, 3.8) is 0 Å². The third kappa shape index (κ3) is 4.68. The summed E-state index contributed by atoms with van der Waals surface area (Å²) in [7, 11) is 2.06. The third-order valence-electron chi connectivity index (χ3n) is 3.69. The second kappa shape index (κ2) is 7.76. The first-order chi connectivity index (χ1) is 10.1. The molecule has 0 saturated carbocycles. The van der Waals surface area contributed by atoms with E-state index in [0.717, 1.165) is 36.1 Å². The van der Waals surface area contributed by atoms with Gasteiger partial charge in [0.2, 0.25) is 0 Å². The van der Waals surface area contributed by atoms with Crippen LogP contribution in [0.4, 0.5) is 0 Å². The lowest BCUT2D eigenvalue weighted by Crippen LogP contribution is -2.23. The molecule has 0 aliphatic heterocycles. The topological polar surface area (TPSA) is 29.9 Å². The van der Waals surface area contributed by atoms with Crippen molar-refractivity contribution in [3.05, 3.63) is 52.0 Å². The Labute approximate surface area is 135 Å². The monoisotopic (exact) mass is 349 g/mol. The molecular weight excluding hydrogens is 326 g/mol. The quantitative estimate of drug-likeness (QED) is 0.812. The minimum atomic E-state index is 0.373. The van der Waals surface area contributed by atoms with Gasteiger partial charge in [-0.3, -0.25) is 0 Å². The Kier molecular flexibility index (Phi) is 6.00. The van der Waals surface area contributed by atoms with Gasteiger partial charge >= 0.3 is 0 Å². The molecule has 21 heavy (non-hydrogen) atoms. The Balaban J connectivity index is 2.11. The maximum Gasteiger partial charge on any atom is 0.108 e. The zero-order valence-corrected chi connectivity index (χ0v) is 14.7. The summed E-state index contributed by atoms with van der Waals surface area (Å²) in [5.41, 5.74) is 2.64. The lowest BCUT2D eigenvalue weighted by molar-refractivity contribution is 0.491. The van der Waals surface area contributed by atoms with Crippen LogP contribution in [0.25, 0.3) is 0 Å². The number of nitrogens with zero attached hydrogens (tertiary/aromatic N) is 2. The summed E-state index contributed by atoms with van der Waals surface area (Å²) in [6.45, 7) is 5.38. The van der Waals surface area contributed by atoms with Crippen molar-refractivity contribution in [1.82, 2.24) is 14.9 Å². The maximum atomic E-state index is 4.42. The molecule has 2 rings (SSSR count). The molecule has 1 atom stereocenters. The molecule has 0 aliphatic carbocycles. The summed E-state index contributed by atoms with van der Waals surface area (Å²) >= 11 is 3.61. The molecule has 0 radical (unpaired) electrons. The lowest BCUT2D eigenvalue weighted by atomic mass is 10.00. The Bertz CT molecular complexity index is 557. The molecule has 1 heterocycles. The molecule has 0 aliphatic rings. The van der Waals surface area contributed by atoms with Gasteiger partial charge in [0.05, 0.1) is 0 Å². The first-order valence-corrected chi connectivity index (χ1v) is 8.36. The van der Waals surface area contributed by atoms with E-state index >= 15 is 0 Å². The zero-order chi connectivity index (χ0) is 15.2. The average Bonchev–Trinajstić information content (AvgIpc) is 2.83. The predicted molar refractivity (Wildman–Crippen MR) is 91.4 cm³/mol. The fourth-order valence-corrected chi connectivity index (χ4v) is 3.21. The van der Waals surface area contributed by atoms with E-state index in [2.05, 4.69) is 69.9 Å². The molecule has 0 saturated heterocycles. The summed E-state index contributed by atoms with van der Waals surface area (Å²) in [6, 6.07) is 7.02. The van der Waals surface area contributed by atoms with Crippen LogP contribution in [-0.4, -0.2) is 16.1 Å². The molecule has 0 fully saturated rings. The lowest BCUT2D eigenvalue weighted by Gasteiger charge is -2.20. The van der Waals surface area contributed by atoms with Crippen molar-refractivity contribution in [2.75, 3.05) is 6.54 Å². The van der Waals surface area contributed by atoms with E-state index in [9.17, 15) is 0 Å². The van der Waals surface area contributed by atoms with Gasteiger partial charge in [-0.05, 0) is 49.6 Å². The molecule has 1 aromatic carbocycles. The number of hydrogen-bond donors (Lipinski definition) is 1. The first kappa shape index (κ1) is 16.2. The first-order valence-electron chi connectivity index (χ1n) is 7.57. The third-order valence-corrected chi connectivity index (χ3v) is 4.14. The minimum Gasteiger partial charge on any atom is -0.338 e. The summed E-state index contributed by atoms with van der Waals surface area (Å²) in [5, 5.41) is 3.66. The van der Waals surface area contributed by atoms with Crippen molar-refractivity contribution in [2.24, 2.45) is 7.05 Å². The summed E-state index contributed by atoms with van der Waals surface area (Å²) in [5.74, 6) is 1.14. The van der Waals surface area contributed by atoms with Crippen LogP contribution >= 0.6 is 15.9 Å². The van der Waals surface area contributed by atoms with E-state index in [1.54, 1.807) is 0 Å². The van der Waals surface area contributed by atoms with E-state index in [0.29, 0.717) is 6.04 Å². The summed E-state index contributed by atoms with van der Waals surface area (Å²) in [4.78, 5) is 4.42. The van der Waals surface area contributed by atoms with Gasteiger partial charge in [-0.1, -0.05) is 28.9 Å². The summed E-state index contributed by atoms with van der Waals surface area (Å²) < 4.78 is 3.25. The normalized spacial score (nSPS) is 12.6. The van der Waals surface area contributed by atoms with E-state index in [4.69, 9.17) is 0 Å². The van der Waals surface area contributed by atoms with Gasteiger partial charge in [-0.2, -0.15) is 0 Å². The highest BCUT2D eigenvalue weighted by molar-refractivity contribution is 9.10. The number of imidazole rings is 1. The molecule has 1 N–H and O–H groups in total. The van der Waals surface area contributed by atoms with E-state index in [1.807, 2.05) is 12.4 Å². The van der Waals surface area contributed by atoms with Gasteiger partial charge in [-0.25, -0.2) is 4.98 Å². The van der Waals surface area contributed by atoms with Crippen LogP contribution < -0.4 is 5.32 Å². The van der Waals surface area contributed by atoms with Gasteiger partial charge in [0.25, 0.3) is 0 Å². The molecule has 1 unspecified atom stereocenters. The molecule has 4 heteroatoms. The van der Waals surface area contributed by atoms with Gasteiger partial charge in [0.1, 0.15) is 5.82 Å². The SMILES string of the molecule is CCCNC(CCc1nccn1C)c1cc(C)cc(Br)c1. The largest absolute Gasteiger partial charge is 0.338 e. The van der Waals surface area contributed by atoms with Crippen molar-refractivity contribution in [2.45, 2.75) is 39.2 Å². The number of aryl methyl sites for hydroxylation is 3. The van der Waals surface area contributed by atoms with Crippen LogP contribution in [-0.2, 0) is 13.5 Å². The number of halogens is 1. The zero-order valence-electron chi connectivity index (χ0n) is 13.1. The van der Waals surface area contributed by atoms with Crippen molar-refractivity contribution in [3.8, 4) is 0 Å². The Morgan fingerprint density at radius 1 is 1.33 bits per heavy atom. The van der Waals surface area contributed by atoms with Gasteiger partial charge in [0, 0.05) is 36.4 Å².